The van der Waals surface area contributed by atoms with Crippen molar-refractivity contribution < 1.29 is 14.3 Å². The van der Waals surface area contributed by atoms with Crippen molar-refractivity contribution in [1.82, 2.24) is 9.80 Å². The summed E-state index contributed by atoms with van der Waals surface area (Å²) in [7, 11) is 1.39. The number of rotatable bonds is 7. The van der Waals surface area contributed by atoms with Crippen LogP contribution in [0.15, 0.2) is 24.3 Å². The summed E-state index contributed by atoms with van der Waals surface area (Å²) in [6, 6.07) is 9.04. The summed E-state index contributed by atoms with van der Waals surface area (Å²) < 4.78 is 4.66. The summed E-state index contributed by atoms with van der Waals surface area (Å²) in [5.74, 6) is 0.518. The number of methoxy groups -OCH3 is 1. The van der Waals surface area contributed by atoms with E-state index in [1.165, 1.54) is 31.1 Å². The highest BCUT2D eigenvalue weighted by Gasteiger charge is 2.42. The van der Waals surface area contributed by atoms with Crippen molar-refractivity contribution in [2.45, 2.75) is 64.8 Å². The van der Waals surface area contributed by atoms with Crippen LogP contribution in [-0.2, 0) is 20.9 Å². The summed E-state index contributed by atoms with van der Waals surface area (Å²) in [5.41, 5.74) is 3.01. The quantitative estimate of drug-likeness (QED) is 0.650. The van der Waals surface area contributed by atoms with Crippen LogP contribution >= 0.6 is 0 Å². The molecular weight excluding hydrogens is 364 g/mol. The summed E-state index contributed by atoms with van der Waals surface area (Å²) >= 11 is 0. The van der Waals surface area contributed by atoms with E-state index < -0.39 is 0 Å². The molecule has 0 saturated carbocycles. The lowest BCUT2D eigenvalue weighted by atomic mass is 9.79. The van der Waals surface area contributed by atoms with E-state index in [1.807, 2.05) is 4.90 Å². The number of amides is 1. The topological polar surface area (TPSA) is 49.9 Å². The molecule has 0 bridgehead atoms. The van der Waals surface area contributed by atoms with Crippen molar-refractivity contribution in [3.63, 3.8) is 0 Å². The number of likely N-dealkylation sites (tertiary alicyclic amines) is 2. The monoisotopic (exact) mass is 400 g/mol. The number of esters is 1. The van der Waals surface area contributed by atoms with Crippen molar-refractivity contribution in [3.8, 4) is 0 Å². The fourth-order valence-electron chi connectivity index (χ4n) is 4.84. The predicted octanol–water partition coefficient (Wildman–Crippen LogP) is 3.97. The summed E-state index contributed by atoms with van der Waals surface area (Å²) in [4.78, 5) is 28.4. The maximum Gasteiger partial charge on any atom is 0.305 e. The number of piperidine rings is 1. The maximum atomic E-state index is 12.6. The van der Waals surface area contributed by atoms with E-state index in [0.29, 0.717) is 25.2 Å². The number of ether oxygens (including phenoxy) is 1. The second-order valence-electron chi connectivity index (χ2n) is 9.21. The third-order valence-electron chi connectivity index (χ3n) is 6.58. The van der Waals surface area contributed by atoms with Gasteiger partial charge in [0.25, 0.3) is 0 Å². The van der Waals surface area contributed by atoms with Crippen LogP contribution in [-0.4, -0.2) is 55.0 Å². The summed E-state index contributed by atoms with van der Waals surface area (Å²) in [6.07, 6.45) is 4.85. The van der Waals surface area contributed by atoms with Crippen LogP contribution in [0, 0.1) is 5.41 Å². The smallest absolute Gasteiger partial charge is 0.305 e. The van der Waals surface area contributed by atoms with Gasteiger partial charge >= 0.3 is 5.97 Å². The minimum Gasteiger partial charge on any atom is -0.469 e. The highest BCUT2D eigenvalue weighted by molar-refractivity contribution is 5.77. The molecule has 1 spiro atoms. The molecule has 0 unspecified atom stereocenters. The standard InChI is InChI=1S/C24H36N2O3/c1-19(2)21-10-8-20(9-11-21)16-25-14-5-12-24(17-25)13-15-26(18-24)22(27)6-4-7-23(28)29-3/h8-11,19H,4-7,12-18H2,1-3H3/t24-/m1/s1. The molecule has 160 valence electrons. The molecule has 5 nitrogen and oxygen atoms in total. The van der Waals surface area contributed by atoms with Crippen LogP contribution < -0.4 is 0 Å². The van der Waals surface area contributed by atoms with Gasteiger partial charge in [-0.2, -0.15) is 0 Å². The second kappa shape index (κ2) is 9.75. The number of carbonyl (C=O) groups is 2. The van der Waals surface area contributed by atoms with Crippen molar-refractivity contribution >= 4 is 11.9 Å². The Kier molecular flexibility index (Phi) is 7.33. The van der Waals surface area contributed by atoms with Crippen LogP contribution in [0.1, 0.15) is 69.4 Å². The van der Waals surface area contributed by atoms with Gasteiger partial charge in [-0.05, 0) is 49.3 Å². The van der Waals surface area contributed by atoms with Gasteiger partial charge in [0, 0.05) is 44.4 Å². The fourth-order valence-corrected chi connectivity index (χ4v) is 4.84. The van der Waals surface area contributed by atoms with E-state index in [0.717, 1.165) is 39.1 Å². The van der Waals surface area contributed by atoms with Gasteiger partial charge in [0.1, 0.15) is 0 Å². The van der Waals surface area contributed by atoms with Crippen molar-refractivity contribution in [2.75, 3.05) is 33.3 Å². The molecular formula is C24H36N2O3. The van der Waals surface area contributed by atoms with Gasteiger partial charge in [0.05, 0.1) is 7.11 Å². The first-order valence-electron chi connectivity index (χ1n) is 11.1. The molecule has 3 rings (SSSR count). The SMILES string of the molecule is COC(=O)CCCC(=O)N1CC[C@@]2(CCCN(Cc3ccc(C(C)C)cc3)C2)C1. The van der Waals surface area contributed by atoms with Crippen LogP contribution in [0.4, 0.5) is 0 Å². The Labute approximate surface area is 175 Å². The molecule has 0 aromatic heterocycles. The minimum absolute atomic E-state index is 0.187. The molecule has 2 aliphatic rings. The Morgan fingerprint density at radius 2 is 1.83 bits per heavy atom. The second-order valence-corrected chi connectivity index (χ2v) is 9.21. The van der Waals surface area contributed by atoms with Crippen molar-refractivity contribution in [1.29, 1.82) is 0 Å². The molecule has 2 fully saturated rings. The van der Waals surface area contributed by atoms with Gasteiger partial charge in [-0.25, -0.2) is 0 Å². The molecule has 1 amide bonds. The molecule has 29 heavy (non-hydrogen) atoms. The molecule has 0 radical (unpaired) electrons. The minimum atomic E-state index is -0.236. The van der Waals surface area contributed by atoms with Crippen molar-refractivity contribution in [2.24, 2.45) is 5.41 Å². The highest BCUT2D eigenvalue weighted by Crippen LogP contribution is 2.39. The number of benzene rings is 1. The van der Waals surface area contributed by atoms with E-state index in [1.54, 1.807) is 0 Å². The van der Waals surface area contributed by atoms with E-state index in [2.05, 4.69) is 47.7 Å². The Hall–Kier alpha value is -1.88. The Morgan fingerprint density at radius 1 is 1.07 bits per heavy atom. The first kappa shape index (κ1) is 21.8. The average molecular weight is 401 g/mol. The van der Waals surface area contributed by atoms with Crippen molar-refractivity contribution in [3.05, 3.63) is 35.4 Å². The van der Waals surface area contributed by atoms with Gasteiger partial charge in [-0.3, -0.25) is 14.5 Å². The normalized spacial score (nSPS) is 22.4. The van der Waals surface area contributed by atoms with Crippen LogP contribution in [0.25, 0.3) is 0 Å². The molecule has 5 heteroatoms. The molecule has 2 heterocycles. The van der Waals surface area contributed by atoms with Gasteiger partial charge < -0.3 is 9.64 Å². The largest absolute Gasteiger partial charge is 0.469 e. The van der Waals surface area contributed by atoms with E-state index >= 15 is 0 Å². The number of hydrogen-bond donors (Lipinski definition) is 0. The third kappa shape index (κ3) is 5.81. The number of carbonyl (C=O) groups excluding carboxylic acids is 2. The fraction of sp³-hybridized carbons (Fsp3) is 0.667. The average Bonchev–Trinajstić information content (AvgIpc) is 3.11. The molecule has 0 aliphatic carbocycles. The molecule has 1 atom stereocenters. The molecule has 1 aromatic rings. The van der Waals surface area contributed by atoms with Gasteiger partial charge in [0.15, 0.2) is 0 Å². The zero-order valence-electron chi connectivity index (χ0n) is 18.3. The van der Waals surface area contributed by atoms with E-state index in [-0.39, 0.29) is 17.3 Å². The third-order valence-corrected chi connectivity index (χ3v) is 6.58. The van der Waals surface area contributed by atoms with Crippen LogP contribution in [0.5, 0.6) is 0 Å². The molecule has 0 N–H and O–H groups in total. The maximum absolute atomic E-state index is 12.6. The summed E-state index contributed by atoms with van der Waals surface area (Å²) in [6.45, 7) is 9.39. The number of nitrogens with zero attached hydrogens (tertiary/aromatic N) is 2. The molecule has 2 aliphatic heterocycles. The lowest BCUT2D eigenvalue weighted by Crippen LogP contribution is -2.45. The molecule has 1 aromatic carbocycles. The summed E-state index contributed by atoms with van der Waals surface area (Å²) in [5, 5.41) is 0. The lowest BCUT2D eigenvalue weighted by molar-refractivity contribution is -0.140. The predicted molar refractivity (Wildman–Crippen MR) is 115 cm³/mol. The van der Waals surface area contributed by atoms with Crippen LogP contribution in [0.2, 0.25) is 0 Å². The zero-order chi connectivity index (χ0) is 20.9. The molecule has 2 saturated heterocycles. The van der Waals surface area contributed by atoms with Gasteiger partial charge in [-0.1, -0.05) is 38.1 Å². The first-order valence-corrected chi connectivity index (χ1v) is 11.1. The lowest BCUT2D eigenvalue weighted by Gasteiger charge is -2.40. The van der Waals surface area contributed by atoms with E-state index in [4.69, 9.17) is 0 Å². The van der Waals surface area contributed by atoms with Gasteiger partial charge in [0.2, 0.25) is 5.91 Å². The van der Waals surface area contributed by atoms with Crippen LogP contribution in [0.3, 0.4) is 0 Å². The Balaban J connectivity index is 1.50. The Bertz CT molecular complexity index is 701. The van der Waals surface area contributed by atoms with E-state index in [9.17, 15) is 9.59 Å². The van der Waals surface area contributed by atoms with Gasteiger partial charge in [-0.15, -0.1) is 0 Å². The zero-order valence-corrected chi connectivity index (χ0v) is 18.3. The first-order chi connectivity index (χ1) is 13.9. The number of hydrogen-bond acceptors (Lipinski definition) is 4. The highest BCUT2D eigenvalue weighted by atomic mass is 16.5. The Morgan fingerprint density at radius 3 is 2.52 bits per heavy atom.